The summed E-state index contributed by atoms with van der Waals surface area (Å²) in [6, 6.07) is 1.52. The molecule has 0 aliphatic carbocycles. The molecule has 1 saturated heterocycles. The van der Waals surface area contributed by atoms with Gasteiger partial charge in [-0.1, -0.05) is 5.16 Å². The number of aromatic nitrogens is 1. The number of alkyl halides is 1. The van der Waals surface area contributed by atoms with E-state index in [1.54, 1.807) is 0 Å². The number of hydrogen-bond acceptors (Lipinski definition) is 4. The lowest BCUT2D eigenvalue weighted by atomic mass is 9.92. The summed E-state index contributed by atoms with van der Waals surface area (Å²) in [5, 5.41) is 6.50. The Kier molecular flexibility index (Phi) is 3.46. The second-order valence-corrected chi connectivity index (χ2v) is 4.13. The molecule has 0 spiro atoms. The van der Waals surface area contributed by atoms with Crippen molar-refractivity contribution >= 4 is 17.5 Å². The van der Waals surface area contributed by atoms with Crippen LogP contribution in [0.25, 0.3) is 0 Å². The maximum atomic E-state index is 11.8. The minimum absolute atomic E-state index is 0.253. The first kappa shape index (κ1) is 11.4. The Morgan fingerprint density at radius 1 is 1.56 bits per heavy atom. The van der Waals surface area contributed by atoms with E-state index in [0.29, 0.717) is 19.1 Å². The smallest absolute Gasteiger partial charge is 0.273 e. The number of carbonyl (C=O) groups excluding carboxylic acids is 1. The molecule has 2 rings (SSSR count). The predicted octanol–water partition coefficient (Wildman–Crippen LogP) is 1.19. The molecule has 6 heteroatoms. The lowest BCUT2D eigenvalue weighted by molar-refractivity contribution is 0.0431. The van der Waals surface area contributed by atoms with E-state index >= 15 is 0 Å². The predicted molar refractivity (Wildman–Crippen MR) is 57.5 cm³/mol. The van der Waals surface area contributed by atoms with Crippen molar-refractivity contribution in [2.45, 2.75) is 18.4 Å². The molecule has 1 aromatic rings. The number of amides is 1. The Labute approximate surface area is 98.1 Å². The van der Waals surface area contributed by atoms with Crippen LogP contribution in [0.15, 0.2) is 16.9 Å². The summed E-state index contributed by atoms with van der Waals surface area (Å²) in [7, 11) is 0. The van der Waals surface area contributed by atoms with Gasteiger partial charge in [-0.05, 0) is 12.8 Å². The molecule has 1 fully saturated rings. The lowest BCUT2D eigenvalue weighted by Crippen LogP contribution is -2.53. The van der Waals surface area contributed by atoms with Gasteiger partial charge in [-0.15, -0.1) is 11.6 Å². The van der Waals surface area contributed by atoms with E-state index in [9.17, 15) is 4.79 Å². The number of carbonyl (C=O) groups is 1. The zero-order valence-electron chi connectivity index (χ0n) is 8.74. The molecule has 1 aliphatic heterocycles. The van der Waals surface area contributed by atoms with Crippen molar-refractivity contribution in [3.05, 3.63) is 18.0 Å². The van der Waals surface area contributed by atoms with Gasteiger partial charge in [-0.3, -0.25) is 4.79 Å². The summed E-state index contributed by atoms with van der Waals surface area (Å²) in [4.78, 5) is 11.8. The molecule has 0 aromatic carbocycles. The van der Waals surface area contributed by atoms with Crippen LogP contribution in [0.2, 0.25) is 0 Å². The van der Waals surface area contributed by atoms with Gasteiger partial charge in [0, 0.05) is 25.2 Å². The van der Waals surface area contributed by atoms with Gasteiger partial charge >= 0.3 is 0 Å². The number of ether oxygens (including phenoxy) is 1. The molecule has 1 amide bonds. The molecule has 0 saturated carbocycles. The average molecular weight is 245 g/mol. The van der Waals surface area contributed by atoms with Crippen LogP contribution in [0.5, 0.6) is 0 Å². The standard InChI is InChI=1S/C10H13ClN2O3/c11-7-10(2-5-15-6-3-10)12-9(14)8-1-4-16-13-8/h1,4H,2-3,5-7H2,(H,12,14). The fourth-order valence-corrected chi connectivity index (χ4v) is 2.02. The molecule has 0 radical (unpaired) electrons. The number of nitrogens with one attached hydrogen (secondary N) is 1. The molecule has 5 nitrogen and oxygen atoms in total. The van der Waals surface area contributed by atoms with Gasteiger partial charge in [0.15, 0.2) is 5.69 Å². The van der Waals surface area contributed by atoms with Crippen LogP contribution in [0.1, 0.15) is 23.3 Å². The Bertz CT molecular complexity index is 347. The highest BCUT2D eigenvalue weighted by Gasteiger charge is 2.34. The fourth-order valence-electron chi connectivity index (χ4n) is 1.69. The molecule has 1 N–H and O–H groups in total. The van der Waals surface area contributed by atoms with E-state index in [2.05, 4.69) is 15.0 Å². The highest BCUT2D eigenvalue weighted by Crippen LogP contribution is 2.22. The van der Waals surface area contributed by atoms with Crippen molar-refractivity contribution < 1.29 is 14.1 Å². The van der Waals surface area contributed by atoms with E-state index in [4.69, 9.17) is 16.3 Å². The van der Waals surface area contributed by atoms with Gasteiger partial charge in [0.25, 0.3) is 5.91 Å². The van der Waals surface area contributed by atoms with E-state index in [0.717, 1.165) is 12.8 Å². The SMILES string of the molecule is O=C(NC1(CCl)CCOCC1)c1ccon1. The Balaban J connectivity index is 2.03. The largest absolute Gasteiger partial charge is 0.381 e. The monoisotopic (exact) mass is 244 g/mol. The zero-order chi connectivity index (χ0) is 11.4. The highest BCUT2D eigenvalue weighted by molar-refractivity contribution is 6.18. The normalized spacial score (nSPS) is 19.3. The van der Waals surface area contributed by atoms with Crippen LogP contribution < -0.4 is 5.32 Å². The number of halogens is 1. The summed E-state index contributed by atoms with van der Waals surface area (Å²) < 4.78 is 9.88. The molecule has 0 unspecified atom stereocenters. The summed E-state index contributed by atoms with van der Waals surface area (Å²) in [5.74, 6) is 0.122. The van der Waals surface area contributed by atoms with Crippen LogP contribution in [-0.2, 0) is 4.74 Å². The molecule has 16 heavy (non-hydrogen) atoms. The molecule has 1 aromatic heterocycles. The average Bonchev–Trinajstić information content (AvgIpc) is 2.84. The molecular formula is C10H13ClN2O3. The molecule has 88 valence electrons. The molecule has 2 heterocycles. The van der Waals surface area contributed by atoms with Crippen molar-refractivity contribution in [2.75, 3.05) is 19.1 Å². The Morgan fingerprint density at radius 3 is 2.88 bits per heavy atom. The third-order valence-corrected chi connectivity index (χ3v) is 3.27. The zero-order valence-corrected chi connectivity index (χ0v) is 9.50. The van der Waals surface area contributed by atoms with E-state index in [1.807, 2.05) is 0 Å². The fraction of sp³-hybridized carbons (Fsp3) is 0.600. The molecular weight excluding hydrogens is 232 g/mol. The Morgan fingerprint density at radius 2 is 2.31 bits per heavy atom. The van der Waals surface area contributed by atoms with Crippen LogP contribution in [0, 0.1) is 0 Å². The summed E-state index contributed by atoms with van der Waals surface area (Å²) >= 11 is 5.93. The van der Waals surface area contributed by atoms with E-state index in [1.165, 1.54) is 12.3 Å². The second-order valence-electron chi connectivity index (χ2n) is 3.87. The van der Waals surface area contributed by atoms with Crippen molar-refractivity contribution in [2.24, 2.45) is 0 Å². The maximum absolute atomic E-state index is 11.8. The van der Waals surface area contributed by atoms with E-state index < -0.39 is 0 Å². The lowest BCUT2D eigenvalue weighted by Gasteiger charge is -2.35. The maximum Gasteiger partial charge on any atom is 0.273 e. The van der Waals surface area contributed by atoms with E-state index in [-0.39, 0.29) is 17.1 Å². The quantitative estimate of drug-likeness (QED) is 0.812. The third kappa shape index (κ3) is 2.36. The van der Waals surface area contributed by atoms with Gasteiger partial charge in [0.2, 0.25) is 0 Å². The summed E-state index contributed by atoms with van der Waals surface area (Å²) in [6.07, 6.45) is 2.81. The van der Waals surface area contributed by atoms with Crippen molar-refractivity contribution in [3.8, 4) is 0 Å². The van der Waals surface area contributed by atoms with Gasteiger partial charge < -0.3 is 14.6 Å². The van der Waals surface area contributed by atoms with Gasteiger partial charge in [0.1, 0.15) is 6.26 Å². The van der Waals surface area contributed by atoms with Crippen molar-refractivity contribution in [1.29, 1.82) is 0 Å². The summed E-state index contributed by atoms with van der Waals surface area (Å²) in [6.45, 7) is 1.23. The summed E-state index contributed by atoms with van der Waals surface area (Å²) in [5.41, 5.74) is -0.105. The second kappa shape index (κ2) is 4.84. The first-order valence-corrected chi connectivity index (χ1v) is 5.66. The molecule has 0 bridgehead atoms. The number of rotatable bonds is 3. The van der Waals surface area contributed by atoms with Crippen LogP contribution >= 0.6 is 11.6 Å². The van der Waals surface area contributed by atoms with Crippen LogP contribution in [-0.4, -0.2) is 35.7 Å². The molecule has 1 aliphatic rings. The number of nitrogens with zero attached hydrogens (tertiary/aromatic N) is 1. The van der Waals surface area contributed by atoms with Crippen molar-refractivity contribution in [1.82, 2.24) is 10.5 Å². The number of hydrogen-bond donors (Lipinski definition) is 1. The first-order chi connectivity index (χ1) is 7.76. The van der Waals surface area contributed by atoms with Gasteiger partial charge in [-0.25, -0.2) is 0 Å². The van der Waals surface area contributed by atoms with Crippen LogP contribution in [0.4, 0.5) is 0 Å². The minimum Gasteiger partial charge on any atom is -0.381 e. The highest BCUT2D eigenvalue weighted by atomic mass is 35.5. The minimum atomic E-state index is -0.379. The first-order valence-electron chi connectivity index (χ1n) is 5.12. The van der Waals surface area contributed by atoms with Crippen LogP contribution in [0.3, 0.4) is 0 Å². The third-order valence-electron chi connectivity index (χ3n) is 2.75. The molecule has 0 atom stereocenters. The van der Waals surface area contributed by atoms with Gasteiger partial charge in [0.05, 0.1) is 5.54 Å². The van der Waals surface area contributed by atoms with Crippen molar-refractivity contribution in [3.63, 3.8) is 0 Å². The topological polar surface area (TPSA) is 64.4 Å². The van der Waals surface area contributed by atoms with Gasteiger partial charge in [-0.2, -0.15) is 0 Å². The Hall–Kier alpha value is -1.07.